The van der Waals surface area contributed by atoms with E-state index < -0.39 is 0 Å². The predicted molar refractivity (Wildman–Crippen MR) is 109 cm³/mol. The minimum absolute atomic E-state index is 0.632. The molecule has 0 amide bonds. The van der Waals surface area contributed by atoms with Gasteiger partial charge in [0.15, 0.2) is 0 Å². The molecule has 0 radical (unpaired) electrons. The van der Waals surface area contributed by atoms with Crippen LogP contribution in [0, 0.1) is 20.8 Å². The van der Waals surface area contributed by atoms with E-state index >= 15 is 0 Å². The Balaban J connectivity index is 1.54. The van der Waals surface area contributed by atoms with Crippen LogP contribution in [0.3, 0.4) is 0 Å². The number of aromatic nitrogens is 4. The van der Waals surface area contributed by atoms with Gasteiger partial charge in [-0.3, -0.25) is 0 Å². The Morgan fingerprint density at radius 3 is 2.26 bits per heavy atom. The molecule has 7 heteroatoms. The first kappa shape index (κ1) is 17.8. The van der Waals surface area contributed by atoms with Crippen molar-refractivity contribution in [3.63, 3.8) is 0 Å². The van der Waals surface area contributed by atoms with Crippen molar-refractivity contribution in [2.75, 3.05) is 36.0 Å². The number of benzene rings is 1. The van der Waals surface area contributed by atoms with Gasteiger partial charge in [0.1, 0.15) is 5.82 Å². The Hall–Kier alpha value is -2.60. The van der Waals surface area contributed by atoms with Gasteiger partial charge in [-0.2, -0.15) is 10.1 Å². The van der Waals surface area contributed by atoms with Crippen molar-refractivity contribution in [1.29, 1.82) is 0 Å². The van der Waals surface area contributed by atoms with Gasteiger partial charge in [0.05, 0.1) is 5.69 Å². The standard InChI is InChI=1S/C20H23ClN6/c1-14-12-19(23-20(22-14)27-16(3)11-15(2)24-27)26-9-7-25(8-10-26)18-6-4-5-17(21)13-18/h4-6,11-13H,7-10H2,1-3H3. The minimum Gasteiger partial charge on any atom is -0.368 e. The fraction of sp³-hybridized carbons (Fsp3) is 0.350. The number of nitrogens with zero attached hydrogens (tertiary/aromatic N) is 6. The number of hydrogen-bond donors (Lipinski definition) is 0. The molecular weight excluding hydrogens is 360 g/mol. The van der Waals surface area contributed by atoms with E-state index in [-0.39, 0.29) is 0 Å². The number of halogens is 1. The fourth-order valence-corrected chi connectivity index (χ4v) is 3.68. The van der Waals surface area contributed by atoms with Crippen molar-refractivity contribution in [1.82, 2.24) is 19.7 Å². The van der Waals surface area contributed by atoms with Crippen molar-refractivity contribution in [2.24, 2.45) is 0 Å². The van der Waals surface area contributed by atoms with Crippen LogP contribution in [0.15, 0.2) is 36.4 Å². The highest BCUT2D eigenvalue weighted by Gasteiger charge is 2.20. The van der Waals surface area contributed by atoms with Crippen LogP contribution in [-0.2, 0) is 0 Å². The van der Waals surface area contributed by atoms with Crippen molar-refractivity contribution < 1.29 is 0 Å². The highest BCUT2D eigenvalue weighted by atomic mass is 35.5. The molecule has 1 fully saturated rings. The molecule has 3 aromatic rings. The van der Waals surface area contributed by atoms with Crippen LogP contribution in [0.1, 0.15) is 17.1 Å². The summed E-state index contributed by atoms with van der Waals surface area (Å²) in [6.45, 7) is 9.67. The smallest absolute Gasteiger partial charge is 0.252 e. The van der Waals surface area contributed by atoms with Crippen LogP contribution in [-0.4, -0.2) is 45.9 Å². The van der Waals surface area contributed by atoms with Gasteiger partial charge >= 0.3 is 0 Å². The van der Waals surface area contributed by atoms with Gasteiger partial charge < -0.3 is 9.80 Å². The molecule has 0 atom stereocenters. The van der Waals surface area contributed by atoms with Gasteiger partial charge in [-0.05, 0) is 45.0 Å². The number of hydrogen-bond acceptors (Lipinski definition) is 5. The third-order valence-electron chi connectivity index (χ3n) is 4.80. The molecule has 0 unspecified atom stereocenters. The molecule has 0 aliphatic carbocycles. The first-order valence-electron chi connectivity index (χ1n) is 9.14. The SMILES string of the molecule is Cc1cc(N2CCN(c3cccc(Cl)c3)CC2)nc(-n2nc(C)cc2C)n1. The Morgan fingerprint density at radius 1 is 0.852 bits per heavy atom. The minimum atomic E-state index is 0.632. The van der Waals surface area contributed by atoms with E-state index in [9.17, 15) is 0 Å². The van der Waals surface area contributed by atoms with Crippen molar-refractivity contribution in [3.05, 3.63) is 58.5 Å². The van der Waals surface area contributed by atoms with Gasteiger partial charge in [0.25, 0.3) is 5.95 Å². The summed E-state index contributed by atoms with van der Waals surface area (Å²) >= 11 is 6.13. The Bertz CT molecular complexity index is 959. The van der Waals surface area contributed by atoms with E-state index in [1.807, 2.05) is 55.8 Å². The zero-order chi connectivity index (χ0) is 19.0. The highest BCUT2D eigenvalue weighted by molar-refractivity contribution is 6.30. The predicted octanol–water partition coefficient (Wildman–Crippen LogP) is 3.57. The summed E-state index contributed by atoms with van der Waals surface area (Å²) in [7, 11) is 0. The second-order valence-electron chi connectivity index (χ2n) is 6.96. The van der Waals surface area contributed by atoms with Crippen LogP contribution >= 0.6 is 11.6 Å². The molecule has 1 aliphatic heterocycles. The number of piperazine rings is 1. The Labute approximate surface area is 164 Å². The van der Waals surface area contributed by atoms with Gasteiger partial charge in [-0.15, -0.1) is 0 Å². The first-order valence-corrected chi connectivity index (χ1v) is 9.52. The molecule has 3 heterocycles. The maximum Gasteiger partial charge on any atom is 0.252 e. The van der Waals surface area contributed by atoms with E-state index in [0.717, 1.165) is 54.1 Å². The van der Waals surface area contributed by atoms with Crippen LogP contribution in [0.4, 0.5) is 11.5 Å². The molecule has 1 aliphatic rings. The second kappa shape index (κ2) is 7.19. The van der Waals surface area contributed by atoms with Gasteiger partial charge in [0, 0.05) is 54.3 Å². The molecule has 4 rings (SSSR count). The lowest BCUT2D eigenvalue weighted by Gasteiger charge is -2.37. The lowest BCUT2D eigenvalue weighted by atomic mass is 10.2. The third kappa shape index (κ3) is 3.76. The van der Waals surface area contributed by atoms with Crippen LogP contribution < -0.4 is 9.80 Å². The number of aryl methyl sites for hydroxylation is 3. The fourth-order valence-electron chi connectivity index (χ4n) is 3.49. The third-order valence-corrected chi connectivity index (χ3v) is 5.04. The average molecular weight is 383 g/mol. The summed E-state index contributed by atoms with van der Waals surface area (Å²) in [6.07, 6.45) is 0. The molecule has 1 saturated heterocycles. The molecule has 0 saturated carbocycles. The van der Waals surface area contributed by atoms with Crippen LogP contribution in [0.2, 0.25) is 5.02 Å². The highest BCUT2D eigenvalue weighted by Crippen LogP contribution is 2.23. The summed E-state index contributed by atoms with van der Waals surface area (Å²) in [5, 5.41) is 5.29. The molecule has 27 heavy (non-hydrogen) atoms. The Morgan fingerprint density at radius 2 is 1.59 bits per heavy atom. The molecule has 2 aromatic heterocycles. The maximum absolute atomic E-state index is 6.13. The number of anilines is 2. The van der Waals surface area contributed by atoms with E-state index in [0.29, 0.717) is 5.95 Å². The monoisotopic (exact) mass is 382 g/mol. The Kier molecular flexibility index (Phi) is 4.74. The summed E-state index contributed by atoms with van der Waals surface area (Å²) in [5.74, 6) is 1.59. The molecule has 6 nitrogen and oxygen atoms in total. The molecule has 140 valence electrons. The van der Waals surface area contributed by atoms with Crippen molar-refractivity contribution >= 4 is 23.1 Å². The lowest BCUT2D eigenvalue weighted by Crippen LogP contribution is -2.47. The van der Waals surface area contributed by atoms with Crippen molar-refractivity contribution in [2.45, 2.75) is 20.8 Å². The van der Waals surface area contributed by atoms with Crippen LogP contribution in [0.25, 0.3) is 5.95 Å². The molecule has 1 aromatic carbocycles. The zero-order valence-corrected chi connectivity index (χ0v) is 16.6. The summed E-state index contributed by atoms with van der Waals surface area (Å²) < 4.78 is 1.81. The van der Waals surface area contributed by atoms with Crippen LogP contribution in [0.5, 0.6) is 0 Å². The topological polar surface area (TPSA) is 50.1 Å². The quantitative estimate of drug-likeness (QED) is 0.693. The first-order chi connectivity index (χ1) is 13.0. The summed E-state index contributed by atoms with van der Waals surface area (Å²) in [4.78, 5) is 14.0. The summed E-state index contributed by atoms with van der Waals surface area (Å²) in [6, 6.07) is 12.1. The maximum atomic E-state index is 6.13. The lowest BCUT2D eigenvalue weighted by molar-refractivity contribution is 0.643. The van der Waals surface area contributed by atoms with Gasteiger partial charge in [-0.1, -0.05) is 17.7 Å². The largest absolute Gasteiger partial charge is 0.368 e. The van der Waals surface area contributed by atoms with Gasteiger partial charge in [-0.25, -0.2) is 9.67 Å². The molecule has 0 spiro atoms. The van der Waals surface area contributed by atoms with E-state index in [2.05, 4.69) is 25.9 Å². The van der Waals surface area contributed by atoms with E-state index in [1.54, 1.807) is 0 Å². The normalized spacial score (nSPS) is 14.7. The zero-order valence-electron chi connectivity index (χ0n) is 15.9. The van der Waals surface area contributed by atoms with Gasteiger partial charge in [0.2, 0.25) is 0 Å². The van der Waals surface area contributed by atoms with E-state index in [4.69, 9.17) is 16.6 Å². The molecule has 0 N–H and O–H groups in total. The average Bonchev–Trinajstić information content (AvgIpc) is 2.99. The molecular formula is C20H23ClN6. The second-order valence-corrected chi connectivity index (χ2v) is 7.40. The van der Waals surface area contributed by atoms with Crippen molar-refractivity contribution in [3.8, 4) is 5.95 Å². The number of rotatable bonds is 3. The van der Waals surface area contributed by atoms with E-state index in [1.165, 1.54) is 5.69 Å². The molecule has 0 bridgehead atoms. The summed E-state index contributed by atoms with van der Waals surface area (Å²) in [5.41, 5.74) is 4.12.